The summed E-state index contributed by atoms with van der Waals surface area (Å²) in [5.74, 6) is -1.26. The van der Waals surface area contributed by atoms with E-state index < -0.39 is 42.0 Å². The fourth-order valence-corrected chi connectivity index (χ4v) is 3.01. The molecule has 0 saturated heterocycles. The number of amides is 1. The lowest BCUT2D eigenvalue weighted by molar-refractivity contribution is -0.192. The van der Waals surface area contributed by atoms with Crippen molar-refractivity contribution in [2.75, 3.05) is 36.6 Å². The largest absolute Gasteiger partial charge is 0.483 e. The SMILES string of the molecule is C#CCN1C(=O)C(F)(F)Oc2cc(F)c(N3CC=C(C(F)(F)F)N(C)C3)cc21. The molecule has 1 amide bonds. The molecule has 0 bridgehead atoms. The summed E-state index contributed by atoms with van der Waals surface area (Å²) in [5, 5.41) is 0. The van der Waals surface area contributed by atoms with E-state index in [2.05, 4.69) is 10.7 Å². The molecule has 0 radical (unpaired) electrons. The highest BCUT2D eigenvalue weighted by Crippen LogP contribution is 2.43. The van der Waals surface area contributed by atoms with Crippen LogP contribution in [0.1, 0.15) is 0 Å². The van der Waals surface area contributed by atoms with Gasteiger partial charge in [0.15, 0.2) is 5.75 Å². The molecule has 0 spiro atoms. The Hall–Kier alpha value is -3.03. The number of halogens is 6. The van der Waals surface area contributed by atoms with E-state index in [0.29, 0.717) is 11.0 Å². The van der Waals surface area contributed by atoms with E-state index in [9.17, 15) is 31.1 Å². The molecule has 1 aromatic carbocycles. The van der Waals surface area contributed by atoms with E-state index in [1.807, 2.05) is 0 Å². The summed E-state index contributed by atoms with van der Waals surface area (Å²) in [4.78, 5) is 14.6. The lowest BCUT2D eigenvalue weighted by atomic mass is 10.1. The summed E-state index contributed by atoms with van der Waals surface area (Å²) in [6, 6.07) is 1.70. The minimum atomic E-state index is -4.56. The van der Waals surface area contributed by atoms with Crippen molar-refractivity contribution in [3.63, 3.8) is 0 Å². The Labute approximate surface area is 155 Å². The summed E-state index contributed by atoms with van der Waals surface area (Å²) in [7, 11) is 1.18. The Bertz CT molecular complexity index is 890. The van der Waals surface area contributed by atoms with Gasteiger partial charge in [0.25, 0.3) is 0 Å². The molecule has 5 nitrogen and oxygen atoms in total. The van der Waals surface area contributed by atoms with Gasteiger partial charge >= 0.3 is 18.2 Å². The first kappa shape index (κ1) is 19.7. The number of terminal acetylenes is 1. The Balaban J connectivity index is 2.01. The van der Waals surface area contributed by atoms with E-state index >= 15 is 0 Å². The lowest BCUT2D eigenvalue weighted by Crippen LogP contribution is -2.51. The second-order valence-electron chi connectivity index (χ2n) is 6.13. The Kier molecular flexibility index (Phi) is 4.61. The molecule has 28 heavy (non-hydrogen) atoms. The third kappa shape index (κ3) is 3.30. The monoisotopic (exact) mass is 405 g/mol. The van der Waals surface area contributed by atoms with Crippen LogP contribution in [0.3, 0.4) is 0 Å². The zero-order chi connectivity index (χ0) is 20.9. The molecule has 1 aromatic rings. The normalized spacial score (nSPS) is 19.0. The maximum atomic E-state index is 14.5. The Morgan fingerprint density at radius 2 is 1.96 bits per heavy atom. The van der Waals surface area contributed by atoms with Gasteiger partial charge < -0.3 is 14.5 Å². The summed E-state index contributed by atoms with van der Waals surface area (Å²) in [5.41, 5.74) is -1.26. The maximum Gasteiger partial charge on any atom is 0.483 e. The predicted octanol–water partition coefficient (Wildman–Crippen LogP) is 2.93. The van der Waals surface area contributed by atoms with Crippen molar-refractivity contribution in [1.29, 1.82) is 0 Å². The van der Waals surface area contributed by atoms with Gasteiger partial charge in [-0.1, -0.05) is 5.92 Å². The van der Waals surface area contributed by atoms with Crippen LogP contribution in [0.2, 0.25) is 0 Å². The van der Waals surface area contributed by atoms with Crippen molar-refractivity contribution < 1.29 is 35.9 Å². The minimum absolute atomic E-state index is 0.188. The first-order valence-corrected chi connectivity index (χ1v) is 7.85. The second kappa shape index (κ2) is 6.54. The highest BCUT2D eigenvalue weighted by molar-refractivity contribution is 6.01. The molecule has 0 unspecified atom stereocenters. The van der Waals surface area contributed by atoms with E-state index in [4.69, 9.17) is 6.42 Å². The number of carbonyl (C=O) groups excluding carboxylic acids is 1. The third-order valence-corrected chi connectivity index (χ3v) is 4.23. The van der Waals surface area contributed by atoms with Gasteiger partial charge in [-0.05, 0) is 12.1 Å². The molecule has 0 aliphatic carbocycles. The quantitative estimate of drug-likeness (QED) is 0.560. The molecule has 2 aliphatic rings. The van der Waals surface area contributed by atoms with Gasteiger partial charge in [0.2, 0.25) is 0 Å². The number of hydrogen-bond donors (Lipinski definition) is 0. The van der Waals surface area contributed by atoms with Crippen LogP contribution in [0.4, 0.5) is 37.7 Å². The summed E-state index contributed by atoms with van der Waals surface area (Å²) >= 11 is 0. The van der Waals surface area contributed by atoms with Gasteiger partial charge in [-0.2, -0.15) is 22.0 Å². The van der Waals surface area contributed by atoms with Gasteiger partial charge in [-0.3, -0.25) is 9.69 Å². The number of anilines is 2. The molecule has 0 aromatic heterocycles. The van der Waals surface area contributed by atoms with Gasteiger partial charge in [-0.25, -0.2) is 4.39 Å². The van der Waals surface area contributed by atoms with Crippen molar-refractivity contribution in [2.24, 2.45) is 0 Å². The third-order valence-electron chi connectivity index (χ3n) is 4.23. The molecule has 0 N–H and O–H groups in total. The van der Waals surface area contributed by atoms with Crippen LogP contribution in [0.15, 0.2) is 23.9 Å². The van der Waals surface area contributed by atoms with Crippen LogP contribution < -0.4 is 14.5 Å². The lowest BCUT2D eigenvalue weighted by Gasteiger charge is -2.38. The van der Waals surface area contributed by atoms with Gasteiger partial charge in [0.1, 0.15) is 11.5 Å². The number of fused-ring (bicyclic) bond motifs is 1. The standard InChI is InChI=1S/C17H13F6N3O2/c1-3-5-26-12-8-11(10(18)7-13(12)28-17(22,23)15(26)27)25-6-4-14(16(19,20)21)24(2)9-25/h1,4,7-8H,5-6,9H2,2H3. The molecule has 2 aliphatic heterocycles. The number of rotatable bonds is 2. The summed E-state index contributed by atoms with van der Waals surface area (Å²) < 4.78 is 85.0. The average Bonchev–Trinajstić information content (AvgIpc) is 2.57. The predicted molar refractivity (Wildman–Crippen MR) is 87.3 cm³/mol. The van der Waals surface area contributed by atoms with Gasteiger partial charge in [-0.15, -0.1) is 6.42 Å². The number of ether oxygens (including phenoxy) is 1. The van der Waals surface area contributed by atoms with Crippen LogP contribution in [0.25, 0.3) is 0 Å². The Morgan fingerprint density at radius 3 is 2.54 bits per heavy atom. The minimum Gasteiger partial charge on any atom is -0.423 e. The summed E-state index contributed by atoms with van der Waals surface area (Å²) in [6.45, 7) is -1.12. The highest BCUT2D eigenvalue weighted by atomic mass is 19.4. The smallest absolute Gasteiger partial charge is 0.423 e. The number of benzene rings is 1. The number of alkyl halides is 5. The fourth-order valence-electron chi connectivity index (χ4n) is 3.01. The zero-order valence-electron chi connectivity index (χ0n) is 14.4. The van der Waals surface area contributed by atoms with Crippen LogP contribution in [-0.4, -0.2) is 49.9 Å². The van der Waals surface area contributed by atoms with Crippen molar-refractivity contribution in [3.05, 3.63) is 29.7 Å². The molecule has 11 heteroatoms. The molecule has 0 atom stereocenters. The van der Waals surface area contributed by atoms with Crippen LogP contribution in [-0.2, 0) is 4.79 Å². The number of carbonyl (C=O) groups is 1. The van der Waals surface area contributed by atoms with E-state index in [1.165, 1.54) is 11.9 Å². The van der Waals surface area contributed by atoms with Crippen molar-refractivity contribution in [2.45, 2.75) is 12.3 Å². The molecule has 3 rings (SSSR count). The van der Waals surface area contributed by atoms with Crippen molar-refractivity contribution in [3.8, 4) is 18.1 Å². The topological polar surface area (TPSA) is 36.0 Å². The number of allylic oxidation sites excluding steroid dienone is 1. The molecule has 0 fully saturated rings. The van der Waals surface area contributed by atoms with Crippen LogP contribution >= 0.6 is 0 Å². The van der Waals surface area contributed by atoms with E-state index in [-0.39, 0.29) is 24.6 Å². The van der Waals surface area contributed by atoms with Gasteiger partial charge in [0.05, 0.1) is 24.6 Å². The first-order chi connectivity index (χ1) is 13.0. The number of hydrogen-bond acceptors (Lipinski definition) is 4. The number of nitrogens with zero attached hydrogens (tertiary/aromatic N) is 3. The first-order valence-electron chi connectivity index (χ1n) is 7.85. The zero-order valence-corrected chi connectivity index (χ0v) is 14.4. The Morgan fingerprint density at radius 1 is 1.29 bits per heavy atom. The molecule has 150 valence electrons. The average molecular weight is 405 g/mol. The van der Waals surface area contributed by atoms with Gasteiger partial charge in [0, 0.05) is 19.7 Å². The van der Waals surface area contributed by atoms with Crippen molar-refractivity contribution >= 4 is 17.3 Å². The second-order valence-corrected chi connectivity index (χ2v) is 6.13. The van der Waals surface area contributed by atoms with Crippen molar-refractivity contribution in [1.82, 2.24) is 4.90 Å². The maximum absolute atomic E-state index is 14.5. The fraction of sp³-hybridized carbons (Fsp3) is 0.353. The van der Waals surface area contributed by atoms with Crippen LogP contribution in [0.5, 0.6) is 5.75 Å². The van der Waals surface area contributed by atoms with Crippen LogP contribution in [0, 0.1) is 18.2 Å². The molecular formula is C17H13F6N3O2. The highest BCUT2D eigenvalue weighted by Gasteiger charge is 2.51. The summed E-state index contributed by atoms with van der Waals surface area (Å²) in [6.07, 6.45) is -2.79. The van der Waals surface area contributed by atoms with E-state index in [1.54, 1.807) is 0 Å². The van der Waals surface area contributed by atoms with E-state index in [0.717, 1.165) is 17.0 Å². The molecule has 0 saturated carbocycles. The molecular weight excluding hydrogens is 392 g/mol. The molecule has 2 heterocycles.